The number of aryl methyl sites for hydroxylation is 1. The maximum atomic E-state index is 6.40. The fraction of sp³-hybridized carbons (Fsp3) is 0.139. The van der Waals surface area contributed by atoms with Crippen LogP contribution in [-0.2, 0) is 5.41 Å². The van der Waals surface area contributed by atoms with Crippen LogP contribution in [0.25, 0.3) is 54.9 Å². The zero-order valence-corrected chi connectivity index (χ0v) is 24.0. The van der Waals surface area contributed by atoms with E-state index in [1.54, 1.807) is 0 Å². The number of pyridine rings is 2. The summed E-state index contributed by atoms with van der Waals surface area (Å²) in [4.78, 5) is 9.73. The topological polar surface area (TPSA) is 57.2 Å². The number of fused-ring (bicyclic) bond motifs is 9. The highest BCUT2D eigenvalue weighted by molar-refractivity contribution is 6.12. The molecule has 0 spiro atoms. The number of hydrogen-bond acceptors (Lipinski definition) is 4. The van der Waals surface area contributed by atoms with E-state index >= 15 is 0 Å². The van der Waals surface area contributed by atoms with E-state index in [1.807, 2.05) is 47.8 Å². The first-order valence-electron chi connectivity index (χ1n) is 14.2. The quantitative estimate of drug-likeness (QED) is 0.207. The first-order valence-corrected chi connectivity index (χ1v) is 14.2. The molecule has 4 aromatic heterocycles. The van der Waals surface area contributed by atoms with Gasteiger partial charge >= 0.3 is 0 Å². The standard InChI is InChI=1S/C36H29N5O/c1-22-37-35-29-21-24(17-18-25(29)26-10-6-8-13-32(26)41(35)39-22)42-34-15-9-14-33(38-34)40-30-12-7-5-11-27(30)28-20-23(36(2,3)4)16-19-31(28)40/h5-21H,1-4H3. The number of hydrogen-bond donors (Lipinski definition) is 0. The van der Waals surface area contributed by atoms with Gasteiger partial charge in [0.2, 0.25) is 5.88 Å². The zero-order chi connectivity index (χ0) is 28.6. The lowest BCUT2D eigenvalue weighted by atomic mass is 9.86. The van der Waals surface area contributed by atoms with E-state index in [0.717, 1.165) is 50.0 Å². The van der Waals surface area contributed by atoms with Gasteiger partial charge in [-0.05, 0) is 71.8 Å². The van der Waals surface area contributed by atoms with Crippen LogP contribution >= 0.6 is 0 Å². The lowest BCUT2D eigenvalue weighted by Gasteiger charge is -2.19. The number of para-hydroxylation sites is 2. The molecule has 8 rings (SSSR count). The van der Waals surface area contributed by atoms with Gasteiger partial charge in [-0.15, -0.1) is 0 Å². The number of aromatic nitrogens is 5. The van der Waals surface area contributed by atoms with Gasteiger partial charge in [-0.1, -0.05) is 69.3 Å². The Morgan fingerprint density at radius 1 is 0.619 bits per heavy atom. The molecule has 0 atom stereocenters. The van der Waals surface area contributed by atoms with E-state index in [0.29, 0.717) is 11.6 Å². The number of nitrogens with zero attached hydrogens (tertiary/aromatic N) is 5. The maximum Gasteiger partial charge on any atom is 0.221 e. The van der Waals surface area contributed by atoms with Gasteiger partial charge in [-0.2, -0.15) is 10.1 Å². The van der Waals surface area contributed by atoms with Crippen molar-refractivity contribution in [1.29, 1.82) is 0 Å². The molecule has 0 fully saturated rings. The van der Waals surface area contributed by atoms with Gasteiger partial charge in [0.25, 0.3) is 0 Å². The number of rotatable bonds is 3. The third-order valence-corrected chi connectivity index (χ3v) is 8.07. The van der Waals surface area contributed by atoms with E-state index in [2.05, 4.69) is 97.2 Å². The van der Waals surface area contributed by atoms with E-state index in [1.165, 1.54) is 16.3 Å². The molecule has 0 aliphatic carbocycles. The van der Waals surface area contributed by atoms with Crippen molar-refractivity contribution in [3.63, 3.8) is 0 Å². The summed E-state index contributed by atoms with van der Waals surface area (Å²) in [6, 6.07) is 35.6. The molecule has 204 valence electrons. The Morgan fingerprint density at radius 3 is 2.17 bits per heavy atom. The molecule has 4 aromatic carbocycles. The van der Waals surface area contributed by atoms with Crippen LogP contribution in [-0.4, -0.2) is 24.1 Å². The molecule has 0 aliphatic heterocycles. The fourth-order valence-electron chi connectivity index (χ4n) is 6.04. The van der Waals surface area contributed by atoms with Crippen molar-refractivity contribution in [2.24, 2.45) is 0 Å². The number of benzene rings is 4. The summed E-state index contributed by atoms with van der Waals surface area (Å²) in [5.41, 5.74) is 5.45. The van der Waals surface area contributed by atoms with E-state index in [9.17, 15) is 0 Å². The van der Waals surface area contributed by atoms with Crippen molar-refractivity contribution in [2.75, 3.05) is 0 Å². The average molecular weight is 548 g/mol. The van der Waals surface area contributed by atoms with Gasteiger partial charge < -0.3 is 4.74 Å². The highest BCUT2D eigenvalue weighted by Gasteiger charge is 2.19. The predicted octanol–water partition coefficient (Wildman–Crippen LogP) is 8.93. The molecule has 0 radical (unpaired) electrons. The molecule has 0 saturated heterocycles. The lowest BCUT2D eigenvalue weighted by Crippen LogP contribution is -2.10. The SMILES string of the molecule is Cc1nc2c3cc(Oc4cccc(-n5c6ccccc6c6cc(C(C)(C)C)ccc65)n4)ccc3c3ccccc3n2n1. The van der Waals surface area contributed by atoms with E-state index < -0.39 is 0 Å². The smallest absolute Gasteiger partial charge is 0.221 e. The first kappa shape index (κ1) is 24.6. The Labute approximate surface area is 242 Å². The molecule has 6 nitrogen and oxygen atoms in total. The molecule has 4 heterocycles. The van der Waals surface area contributed by atoms with Crippen molar-refractivity contribution < 1.29 is 4.74 Å². The molecule has 8 aromatic rings. The molecule has 0 N–H and O–H groups in total. The summed E-state index contributed by atoms with van der Waals surface area (Å²) in [6.45, 7) is 8.67. The van der Waals surface area contributed by atoms with Crippen LogP contribution in [0, 0.1) is 6.92 Å². The van der Waals surface area contributed by atoms with Gasteiger partial charge in [0.1, 0.15) is 17.4 Å². The van der Waals surface area contributed by atoms with Crippen molar-refractivity contribution in [1.82, 2.24) is 24.1 Å². The highest BCUT2D eigenvalue weighted by atomic mass is 16.5. The lowest BCUT2D eigenvalue weighted by molar-refractivity contribution is 0.463. The summed E-state index contributed by atoms with van der Waals surface area (Å²) < 4.78 is 10.5. The first-order chi connectivity index (χ1) is 20.3. The Hall–Kier alpha value is -5.23. The fourth-order valence-corrected chi connectivity index (χ4v) is 6.04. The van der Waals surface area contributed by atoms with Crippen LogP contribution in [0.2, 0.25) is 0 Å². The summed E-state index contributed by atoms with van der Waals surface area (Å²) in [7, 11) is 0. The van der Waals surface area contributed by atoms with Crippen LogP contribution in [0.5, 0.6) is 11.6 Å². The third kappa shape index (κ3) is 3.75. The monoisotopic (exact) mass is 547 g/mol. The van der Waals surface area contributed by atoms with Crippen molar-refractivity contribution in [3.05, 3.63) is 115 Å². The molecular weight excluding hydrogens is 518 g/mol. The van der Waals surface area contributed by atoms with Gasteiger partial charge in [0.15, 0.2) is 5.65 Å². The molecule has 0 unspecified atom stereocenters. The minimum absolute atomic E-state index is 0.0618. The summed E-state index contributed by atoms with van der Waals surface area (Å²) in [5.74, 6) is 2.76. The Bertz CT molecular complexity index is 2340. The van der Waals surface area contributed by atoms with Crippen LogP contribution in [0.15, 0.2) is 103 Å². The Kier molecular flexibility index (Phi) is 5.19. The second-order valence-corrected chi connectivity index (χ2v) is 11.9. The van der Waals surface area contributed by atoms with Gasteiger partial charge in [0, 0.05) is 27.6 Å². The van der Waals surface area contributed by atoms with Crippen LogP contribution in [0.1, 0.15) is 32.2 Å². The van der Waals surface area contributed by atoms with Crippen LogP contribution in [0.3, 0.4) is 0 Å². The normalized spacial score (nSPS) is 12.3. The second-order valence-electron chi connectivity index (χ2n) is 11.9. The molecular formula is C36H29N5O. The molecule has 0 bridgehead atoms. The molecule has 0 aliphatic rings. The average Bonchev–Trinajstić information content (AvgIpc) is 3.55. The van der Waals surface area contributed by atoms with E-state index in [-0.39, 0.29) is 5.41 Å². The molecule has 42 heavy (non-hydrogen) atoms. The Morgan fingerprint density at radius 2 is 1.36 bits per heavy atom. The number of ether oxygens (including phenoxy) is 1. The maximum absolute atomic E-state index is 6.40. The summed E-state index contributed by atoms with van der Waals surface area (Å²) in [5, 5.41) is 10.3. The minimum Gasteiger partial charge on any atom is -0.439 e. The van der Waals surface area contributed by atoms with Gasteiger partial charge in [-0.3, -0.25) is 4.57 Å². The largest absolute Gasteiger partial charge is 0.439 e. The highest BCUT2D eigenvalue weighted by Crippen LogP contribution is 2.36. The van der Waals surface area contributed by atoms with Crippen LogP contribution < -0.4 is 4.74 Å². The predicted molar refractivity (Wildman–Crippen MR) is 170 cm³/mol. The summed E-state index contributed by atoms with van der Waals surface area (Å²) in [6.07, 6.45) is 0. The summed E-state index contributed by atoms with van der Waals surface area (Å²) >= 11 is 0. The third-order valence-electron chi connectivity index (χ3n) is 8.07. The minimum atomic E-state index is 0.0618. The van der Waals surface area contributed by atoms with Crippen molar-refractivity contribution in [3.8, 4) is 17.4 Å². The van der Waals surface area contributed by atoms with Crippen molar-refractivity contribution >= 4 is 49.1 Å². The molecule has 0 amide bonds. The van der Waals surface area contributed by atoms with Gasteiger partial charge in [0.05, 0.1) is 16.6 Å². The molecule has 0 saturated carbocycles. The second kappa shape index (κ2) is 8.88. The van der Waals surface area contributed by atoms with Crippen molar-refractivity contribution in [2.45, 2.75) is 33.1 Å². The van der Waals surface area contributed by atoms with E-state index in [4.69, 9.17) is 14.7 Å². The Balaban J connectivity index is 1.25. The molecule has 6 heteroatoms. The van der Waals surface area contributed by atoms with Crippen LogP contribution in [0.4, 0.5) is 0 Å². The zero-order valence-electron chi connectivity index (χ0n) is 24.0. The van der Waals surface area contributed by atoms with Gasteiger partial charge in [-0.25, -0.2) is 9.50 Å².